The molecule has 4 aromatic rings. The van der Waals surface area contributed by atoms with Crippen LogP contribution in [0.25, 0.3) is 16.9 Å². The van der Waals surface area contributed by atoms with Crippen molar-refractivity contribution in [2.24, 2.45) is 5.41 Å². The zero-order valence-electron chi connectivity index (χ0n) is 36.7. The number of pyridine rings is 1. The lowest BCUT2D eigenvalue weighted by molar-refractivity contribution is -0.135. The summed E-state index contributed by atoms with van der Waals surface area (Å²) in [6, 6.07) is 9.09. The number of benzene rings is 1. The van der Waals surface area contributed by atoms with E-state index in [1.807, 2.05) is 96.4 Å². The van der Waals surface area contributed by atoms with E-state index in [-0.39, 0.29) is 42.8 Å². The maximum absolute atomic E-state index is 13.0. The number of rotatable bonds is 9. The van der Waals surface area contributed by atoms with Gasteiger partial charge in [-0.2, -0.15) is 0 Å². The van der Waals surface area contributed by atoms with Crippen molar-refractivity contribution in [3.63, 3.8) is 0 Å². The summed E-state index contributed by atoms with van der Waals surface area (Å²) < 4.78 is 24.9. The number of hydrogen-bond acceptors (Lipinski definition) is 13. The number of ether oxygens (including phenoxy) is 4. The van der Waals surface area contributed by atoms with Gasteiger partial charge in [-0.15, -0.1) is 0 Å². The highest BCUT2D eigenvalue weighted by Gasteiger charge is 2.51. The molecule has 7 rings (SSSR count). The van der Waals surface area contributed by atoms with Crippen LogP contribution in [0.2, 0.25) is 5.02 Å². The lowest BCUT2D eigenvalue weighted by atomic mass is 9.73. The molecule has 3 fully saturated rings. The molecule has 62 heavy (non-hydrogen) atoms. The van der Waals surface area contributed by atoms with Crippen molar-refractivity contribution < 1.29 is 38.4 Å². The minimum absolute atomic E-state index is 0.141. The molecule has 1 spiro atoms. The summed E-state index contributed by atoms with van der Waals surface area (Å²) in [5.74, 6) is 0.994. The Balaban J connectivity index is 0.981. The first kappa shape index (κ1) is 45.2. The predicted molar refractivity (Wildman–Crippen MR) is 235 cm³/mol. The standard InChI is InChI=1S/C44H57ClN8O8S/c1-27-39(48-32(24-54)37(46-27)51-16-13-44(14-17-51)26-59-28(2)36(44)49-40(56)60-42(3,4)5)62-33-12-15-53-23-31(47-38(53)35(33)45)29-10-9-11-30(22-29)58-25-34(55)50-18-20-52(21-19-50)41(57)61-43(6,7)8/h9-12,15,22-23,28,36,54H,13-14,16-21,24-26H2,1-8H3,(H,49,56)/t28-,36+/m0/s1. The number of nitrogens with zero attached hydrogens (tertiary/aromatic N) is 7. The number of nitrogens with one attached hydrogen (secondary N) is 1. The number of piperidine rings is 1. The highest BCUT2D eigenvalue weighted by atomic mass is 35.5. The molecule has 3 aromatic heterocycles. The molecule has 18 heteroatoms. The van der Waals surface area contributed by atoms with Gasteiger partial charge in [0.1, 0.15) is 27.7 Å². The first-order chi connectivity index (χ1) is 29.3. The number of fused-ring (bicyclic) bond motifs is 1. The van der Waals surface area contributed by atoms with Gasteiger partial charge in [-0.1, -0.05) is 35.5 Å². The highest BCUT2D eigenvalue weighted by Crippen LogP contribution is 2.44. The number of aromatic nitrogens is 4. The van der Waals surface area contributed by atoms with Crippen molar-refractivity contribution >= 4 is 52.9 Å². The van der Waals surface area contributed by atoms with Crippen molar-refractivity contribution in [1.29, 1.82) is 0 Å². The van der Waals surface area contributed by atoms with Gasteiger partial charge in [0.2, 0.25) is 0 Å². The number of carbonyl (C=O) groups excluding carboxylic acids is 3. The number of carbonyl (C=O) groups is 3. The molecule has 3 aliphatic rings. The van der Waals surface area contributed by atoms with Crippen molar-refractivity contribution in [3.05, 3.63) is 59.1 Å². The van der Waals surface area contributed by atoms with Gasteiger partial charge in [0.05, 0.1) is 41.8 Å². The molecular formula is C44H57ClN8O8S. The maximum atomic E-state index is 13.0. The molecule has 2 atom stereocenters. The normalized spacial score (nSPS) is 19.2. The number of anilines is 1. The van der Waals surface area contributed by atoms with Crippen molar-refractivity contribution in [2.75, 3.05) is 57.4 Å². The summed E-state index contributed by atoms with van der Waals surface area (Å²) in [7, 11) is 0. The molecule has 334 valence electrons. The highest BCUT2D eigenvalue weighted by molar-refractivity contribution is 7.99. The van der Waals surface area contributed by atoms with Crippen LogP contribution in [0.15, 0.2) is 52.6 Å². The van der Waals surface area contributed by atoms with Gasteiger partial charge in [-0.3, -0.25) is 4.79 Å². The Bertz CT molecular complexity index is 2300. The summed E-state index contributed by atoms with van der Waals surface area (Å²) in [5.41, 5.74) is 1.75. The first-order valence-corrected chi connectivity index (χ1v) is 22.2. The second-order valence-corrected chi connectivity index (χ2v) is 19.6. The lowest BCUT2D eigenvalue weighted by Crippen LogP contribution is -2.55. The van der Waals surface area contributed by atoms with Crippen molar-refractivity contribution in [2.45, 2.75) is 108 Å². The third-order valence-electron chi connectivity index (χ3n) is 11.2. The topological polar surface area (TPSA) is 173 Å². The van der Waals surface area contributed by atoms with Crippen LogP contribution in [0.1, 0.15) is 72.7 Å². The van der Waals surface area contributed by atoms with Gasteiger partial charge in [0, 0.05) is 67.5 Å². The van der Waals surface area contributed by atoms with Crippen LogP contribution in [0, 0.1) is 12.3 Å². The van der Waals surface area contributed by atoms with Gasteiger partial charge in [-0.25, -0.2) is 24.5 Å². The first-order valence-electron chi connectivity index (χ1n) is 21.0. The zero-order valence-corrected chi connectivity index (χ0v) is 38.3. The van der Waals surface area contributed by atoms with Crippen LogP contribution in [0.5, 0.6) is 5.75 Å². The number of hydrogen-bond donors (Lipinski definition) is 2. The Morgan fingerprint density at radius 2 is 1.66 bits per heavy atom. The van der Waals surface area contributed by atoms with Gasteiger partial charge >= 0.3 is 12.2 Å². The summed E-state index contributed by atoms with van der Waals surface area (Å²) in [4.78, 5) is 59.1. The second-order valence-electron chi connectivity index (χ2n) is 18.1. The number of piperazine rings is 1. The minimum Gasteiger partial charge on any atom is -0.484 e. The molecule has 3 amide bonds. The molecule has 1 aromatic carbocycles. The molecule has 0 unspecified atom stereocenters. The Labute approximate surface area is 371 Å². The fraction of sp³-hybridized carbons (Fsp3) is 0.545. The maximum Gasteiger partial charge on any atom is 0.410 e. The Morgan fingerprint density at radius 3 is 2.34 bits per heavy atom. The van der Waals surface area contributed by atoms with Crippen molar-refractivity contribution in [3.8, 4) is 17.0 Å². The van der Waals surface area contributed by atoms with E-state index in [2.05, 4.69) is 10.2 Å². The van der Waals surface area contributed by atoms with Crippen LogP contribution in [-0.4, -0.2) is 128 Å². The predicted octanol–water partition coefficient (Wildman–Crippen LogP) is 6.75. The number of aliphatic hydroxyl groups excluding tert-OH is 1. The van der Waals surface area contributed by atoms with Gasteiger partial charge in [0.15, 0.2) is 18.1 Å². The Kier molecular flexibility index (Phi) is 13.2. The van der Waals surface area contributed by atoms with E-state index < -0.39 is 17.3 Å². The van der Waals surface area contributed by atoms with E-state index in [1.165, 1.54) is 11.8 Å². The molecule has 2 N–H and O–H groups in total. The van der Waals surface area contributed by atoms with Crippen LogP contribution in [0.3, 0.4) is 0 Å². The second kappa shape index (κ2) is 18.1. The molecule has 6 heterocycles. The molecular weight excluding hydrogens is 836 g/mol. The van der Waals surface area contributed by atoms with E-state index in [4.69, 9.17) is 45.5 Å². The van der Waals surface area contributed by atoms with E-state index in [1.54, 1.807) is 15.9 Å². The third-order valence-corrected chi connectivity index (χ3v) is 12.9. The number of alkyl carbamates (subject to hydrolysis) is 1. The Morgan fingerprint density at radius 1 is 0.968 bits per heavy atom. The number of aryl methyl sites for hydroxylation is 1. The van der Waals surface area contributed by atoms with Crippen LogP contribution >= 0.6 is 23.4 Å². The largest absolute Gasteiger partial charge is 0.484 e. The van der Waals surface area contributed by atoms with Gasteiger partial charge in [-0.05, 0) is 86.4 Å². The third kappa shape index (κ3) is 10.3. The summed E-state index contributed by atoms with van der Waals surface area (Å²) >= 11 is 8.37. The number of imidazole rings is 1. The summed E-state index contributed by atoms with van der Waals surface area (Å²) in [6.07, 6.45) is 4.31. The average Bonchev–Trinajstić information content (AvgIpc) is 3.79. The van der Waals surface area contributed by atoms with Crippen molar-refractivity contribution in [1.82, 2.24) is 34.5 Å². The van der Waals surface area contributed by atoms with Gasteiger partial charge < -0.3 is 48.5 Å². The van der Waals surface area contributed by atoms with Crippen LogP contribution in [0.4, 0.5) is 15.4 Å². The Hall–Kier alpha value is -4.84. The zero-order chi connectivity index (χ0) is 44.6. The number of halogens is 1. The van der Waals surface area contributed by atoms with E-state index >= 15 is 0 Å². The molecule has 0 aliphatic carbocycles. The fourth-order valence-electron chi connectivity index (χ4n) is 8.06. The average molecular weight is 894 g/mol. The SMILES string of the molecule is Cc1nc(N2CCC3(CC2)CO[C@@H](C)[C@H]3NC(=O)OC(C)(C)C)c(CO)nc1Sc1ccn2cc(-c3cccc(OCC(=O)N4CCN(C(=O)OC(C)(C)C)CC4)c3)nc2c1Cl. The molecule has 0 bridgehead atoms. The van der Waals surface area contributed by atoms with E-state index in [0.717, 1.165) is 23.3 Å². The molecule has 3 aliphatic heterocycles. The lowest BCUT2D eigenvalue weighted by Gasteiger charge is -2.43. The smallest absolute Gasteiger partial charge is 0.410 e. The monoisotopic (exact) mass is 892 g/mol. The summed E-state index contributed by atoms with van der Waals surface area (Å²) in [6.45, 7) is 17.9. The van der Waals surface area contributed by atoms with Crippen LogP contribution in [-0.2, 0) is 25.6 Å². The van der Waals surface area contributed by atoms with E-state index in [0.29, 0.717) is 90.2 Å². The van der Waals surface area contributed by atoms with E-state index in [9.17, 15) is 19.5 Å². The molecule has 0 saturated carbocycles. The number of amides is 3. The summed E-state index contributed by atoms with van der Waals surface area (Å²) in [5, 5.41) is 14.7. The molecule has 0 radical (unpaired) electrons. The van der Waals surface area contributed by atoms with Gasteiger partial charge in [0.25, 0.3) is 5.91 Å². The van der Waals surface area contributed by atoms with Crippen LogP contribution < -0.4 is 15.0 Å². The fourth-order valence-corrected chi connectivity index (χ4v) is 9.24. The molecule has 16 nitrogen and oxygen atoms in total. The quantitative estimate of drug-likeness (QED) is 0.181. The number of aliphatic hydroxyl groups is 1. The minimum atomic E-state index is -0.602. The molecule has 3 saturated heterocycles.